The molecular formula is C34H34N5O5P. The zero-order valence-electron chi connectivity index (χ0n) is 25.0. The maximum atomic E-state index is 13.7. The van der Waals surface area contributed by atoms with E-state index >= 15 is 0 Å². The molecule has 0 bridgehead atoms. The molecule has 2 aromatic carbocycles. The summed E-state index contributed by atoms with van der Waals surface area (Å²) >= 11 is 0. The lowest BCUT2D eigenvalue weighted by Crippen LogP contribution is -2.40. The Morgan fingerprint density at radius 2 is 1.84 bits per heavy atom. The molecule has 1 unspecified atom stereocenters. The van der Waals surface area contributed by atoms with Crippen molar-refractivity contribution in [2.75, 3.05) is 37.7 Å². The Kier molecular flexibility index (Phi) is 8.04. The zero-order valence-corrected chi connectivity index (χ0v) is 26.0. The third kappa shape index (κ3) is 5.81. The van der Waals surface area contributed by atoms with E-state index in [0.29, 0.717) is 83.1 Å². The average molecular weight is 624 g/mol. The number of morpholine rings is 1. The van der Waals surface area contributed by atoms with Crippen LogP contribution >= 0.6 is 8.58 Å². The number of aliphatic hydroxyl groups is 1. The van der Waals surface area contributed by atoms with Gasteiger partial charge in [-0.3, -0.25) is 19.4 Å². The summed E-state index contributed by atoms with van der Waals surface area (Å²) in [7, 11) is 1.53. The van der Waals surface area contributed by atoms with Crippen molar-refractivity contribution in [1.82, 2.24) is 19.7 Å². The fourth-order valence-corrected chi connectivity index (χ4v) is 7.20. The molecule has 4 aromatic rings. The van der Waals surface area contributed by atoms with Crippen molar-refractivity contribution in [2.45, 2.75) is 31.8 Å². The minimum Gasteiger partial charge on any atom is -0.392 e. The molecule has 1 atom stereocenters. The van der Waals surface area contributed by atoms with E-state index in [4.69, 9.17) is 4.74 Å². The second kappa shape index (κ2) is 12.3. The number of carbonyl (C=O) groups is 2. The van der Waals surface area contributed by atoms with Crippen LogP contribution < -0.4 is 21.2 Å². The van der Waals surface area contributed by atoms with E-state index in [1.807, 2.05) is 24.3 Å². The van der Waals surface area contributed by atoms with Gasteiger partial charge in [0.1, 0.15) is 0 Å². The van der Waals surface area contributed by atoms with Gasteiger partial charge in [0.15, 0.2) is 0 Å². The maximum absolute atomic E-state index is 13.7. The smallest absolute Gasteiger partial charge is 0.274 e. The predicted molar refractivity (Wildman–Crippen MR) is 173 cm³/mol. The summed E-state index contributed by atoms with van der Waals surface area (Å²) < 4.78 is 6.63. The van der Waals surface area contributed by atoms with Crippen LogP contribution in [-0.2, 0) is 24.8 Å². The number of aliphatic hydroxyl groups excluding tert-OH is 1. The molecule has 2 fully saturated rings. The Morgan fingerprint density at radius 3 is 2.58 bits per heavy atom. The second-order valence-electron chi connectivity index (χ2n) is 11.7. The molecule has 230 valence electrons. The van der Waals surface area contributed by atoms with Gasteiger partial charge in [-0.25, -0.2) is 4.68 Å². The number of nitrogens with zero attached hydrogens (tertiary/aromatic N) is 5. The highest BCUT2D eigenvalue weighted by Crippen LogP contribution is 2.41. The average Bonchev–Trinajstić information content (AvgIpc) is 3.93. The molecule has 10 nitrogen and oxygen atoms in total. The minimum absolute atomic E-state index is 0.0707. The molecule has 1 saturated heterocycles. The van der Waals surface area contributed by atoms with Crippen LogP contribution in [0.5, 0.6) is 0 Å². The summed E-state index contributed by atoms with van der Waals surface area (Å²) in [5, 5.41) is 15.6. The quantitative estimate of drug-likeness (QED) is 0.315. The molecule has 45 heavy (non-hydrogen) atoms. The summed E-state index contributed by atoms with van der Waals surface area (Å²) in [6, 6.07) is 17.0. The van der Waals surface area contributed by atoms with Crippen molar-refractivity contribution in [3.8, 4) is 11.3 Å². The molecule has 4 heterocycles. The third-order valence-corrected chi connectivity index (χ3v) is 9.95. The highest BCUT2D eigenvalue weighted by molar-refractivity contribution is 7.55. The number of pyridine rings is 1. The first-order valence-corrected chi connectivity index (χ1v) is 16.3. The summed E-state index contributed by atoms with van der Waals surface area (Å²) in [5.74, 6) is 0.459. The van der Waals surface area contributed by atoms with E-state index in [1.54, 1.807) is 41.2 Å². The molecule has 2 aliphatic heterocycles. The minimum atomic E-state index is -0.301. The van der Waals surface area contributed by atoms with Crippen LogP contribution in [0.3, 0.4) is 0 Å². The molecule has 2 aromatic heterocycles. The lowest BCUT2D eigenvalue weighted by atomic mass is 9.93. The highest BCUT2D eigenvalue weighted by atomic mass is 31.1. The lowest BCUT2D eigenvalue weighted by molar-refractivity contribution is 0.0302. The fraction of sp³-hybridized carbons (Fsp3) is 0.324. The number of aromatic nitrogens is 3. The Bertz CT molecular complexity index is 1850. The normalized spacial score (nSPS) is 16.8. The molecule has 3 aliphatic rings. The van der Waals surface area contributed by atoms with Crippen LogP contribution in [0.2, 0.25) is 0 Å². The van der Waals surface area contributed by atoms with E-state index in [1.165, 1.54) is 23.1 Å². The summed E-state index contributed by atoms with van der Waals surface area (Å²) in [6.07, 6.45) is 4.72. The number of rotatable bonds is 7. The monoisotopic (exact) mass is 623 g/mol. The highest BCUT2D eigenvalue weighted by Gasteiger charge is 2.30. The van der Waals surface area contributed by atoms with Crippen LogP contribution in [0.25, 0.3) is 11.3 Å². The standard InChI is InChI=1S/C34H34N5O5P/c1-37-34(43)30(45-31-10-8-24(19-35-31)32(41)38-13-15-44-16-14-38)18-28(36-37)26-3-2-4-29(27(26)20-40)39-12-11-23-17-22(21-5-6-21)7-9-25(23)33(39)42/h2-4,7-10,17-19,21,40,45H,5-6,11-16,20H2,1H3. The Balaban J connectivity index is 1.16. The van der Waals surface area contributed by atoms with Gasteiger partial charge in [-0.15, -0.1) is 0 Å². The number of fused-ring (bicyclic) bond motifs is 1. The Morgan fingerprint density at radius 1 is 1.02 bits per heavy atom. The predicted octanol–water partition coefficient (Wildman–Crippen LogP) is 2.52. The topological polar surface area (TPSA) is 118 Å². The van der Waals surface area contributed by atoms with Gasteiger partial charge in [0, 0.05) is 54.9 Å². The Hall–Kier alpha value is -4.24. The summed E-state index contributed by atoms with van der Waals surface area (Å²) in [4.78, 5) is 47.6. The SMILES string of the molecule is Cn1nc(-c2cccc(N3CCc4cc(C5CC5)ccc4C3=O)c2CO)cc(Pc2ccc(C(=O)N3CCOCC3)cn2)c1=O. The van der Waals surface area contributed by atoms with Gasteiger partial charge in [0.2, 0.25) is 0 Å². The van der Waals surface area contributed by atoms with E-state index in [2.05, 4.69) is 22.2 Å². The number of ether oxygens (including phenoxy) is 1. The van der Waals surface area contributed by atoms with Gasteiger partial charge >= 0.3 is 0 Å². The first kappa shape index (κ1) is 29.5. The van der Waals surface area contributed by atoms with Crippen LogP contribution in [0.1, 0.15) is 56.2 Å². The van der Waals surface area contributed by atoms with Crippen LogP contribution in [-0.4, -0.2) is 69.4 Å². The van der Waals surface area contributed by atoms with Crippen LogP contribution in [0, 0.1) is 0 Å². The van der Waals surface area contributed by atoms with Crippen molar-refractivity contribution in [2.24, 2.45) is 7.05 Å². The van der Waals surface area contributed by atoms with Crippen molar-refractivity contribution < 1.29 is 19.4 Å². The molecule has 1 aliphatic carbocycles. The van der Waals surface area contributed by atoms with Gasteiger partial charge in [-0.2, -0.15) is 5.10 Å². The molecule has 11 heteroatoms. The van der Waals surface area contributed by atoms with Crippen LogP contribution in [0.15, 0.2) is 65.6 Å². The molecule has 1 N–H and O–H groups in total. The summed E-state index contributed by atoms with van der Waals surface area (Å²) in [6.45, 7) is 2.36. The third-order valence-electron chi connectivity index (χ3n) is 8.77. The molecule has 0 spiro atoms. The molecule has 7 rings (SSSR count). The van der Waals surface area contributed by atoms with Crippen molar-refractivity contribution in [3.05, 3.63) is 99.0 Å². The number of anilines is 1. The Labute approximate surface area is 262 Å². The van der Waals surface area contributed by atoms with Crippen molar-refractivity contribution >= 4 is 36.8 Å². The summed E-state index contributed by atoms with van der Waals surface area (Å²) in [5.41, 5.74) is 6.40. The first-order valence-electron chi connectivity index (χ1n) is 15.3. The molecule has 2 amide bonds. The number of benzene rings is 2. The van der Waals surface area contributed by atoms with E-state index < -0.39 is 0 Å². The van der Waals surface area contributed by atoms with Gasteiger partial charge in [0.25, 0.3) is 17.4 Å². The maximum Gasteiger partial charge on any atom is 0.274 e. The van der Waals surface area contributed by atoms with Crippen molar-refractivity contribution in [1.29, 1.82) is 0 Å². The van der Waals surface area contributed by atoms with Gasteiger partial charge < -0.3 is 19.6 Å². The number of hydrogen-bond donors (Lipinski definition) is 1. The molecular weight excluding hydrogens is 589 g/mol. The van der Waals surface area contributed by atoms with E-state index in [-0.39, 0.29) is 32.6 Å². The van der Waals surface area contributed by atoms with Crippen molar-refractivity contribution in [3.63, 3.8) is 0 Å². The number of carbonyl (C=O) groups excluding carboxylic acids is 2. The van der Waals surface area contributed by atoms with Gasteiger partial charge in [0.05, 0.1) is 42.2 Å². The number of hydrogen-bond acceptors (Lipinski definition) is 7. The fourth-order valence-electron chi connectivity index (χ4n) is 6.15. The first-order chi connectivity index (χ1) is 21.9. The zero-order chi connectivity index (χ0) is 31.1. The number of aryl methyl sites for hydroxylation is 1. The van der Waals surface area contributed by atoms with Gasteiger partial charge in [-0.1, -0.05) is 24.3 Å². The molecule has 0 radical (unpaired) electrons. The number of amides is 2. The molecule has 1 saturated carbocycles. The second-order valence-corrected chi connectivity index (χ2v) is 13.0. The largest absolute Gasteiger partial charge is 0.392 e. The van der Waals surface area contributed by atoms with E-state index in [0.717, 1.165) is 12.0 Å². The van der Waals surface area contributed by atoms with Gasteiger partial charge in [-0.05, 0) is 75.2 Å². The lowest BCUT2D eigenvalue weighted by Gasteiger charge is -2.31. The van der Waals surface area contributed by atoms with Crippen LogP contribution in [0.4, 0.5) is 5.69 Å². The van der Waals surface area contributed by atoms with E-state index in [9.17, 15) is 19.5 Å².